The van der Waals surface area contributed by atoms with Crippen LogP contribution in [0.1, 0.15) is 12.5 Å². The summed E-state index contributed by atoms with van der Waals surface area (Å²) in [6.45, 7) is 2.18. The van der Waals surface area contributed by atoms with E-state index in [9.17, 15) is 4.79 Å². The molecule has 0 aliphatic rings. The third kappa shape index (κ3) is 5.52. The number of halogens is 2. The quantitative estimate of drug-likeness (QED) is 0.494. The molecule has 0 spiro atoms. The van der Waals surface area contributed by atoms with Crippen molar-refractivity contribution in [1.29, 1.82) is 0 Å². The minimum atomic E-state index is -0.161. The Hall–Kier alpha value is -1.01. The van der Waals surface area contributed by atoms with E-state index in [0.717, 1.165) is 16.2 Å². The van der Waals surface area contributed by atoms with Crippen LogP contribution in [0.15, 0.2) is 47.4 Å². The van der Waals surface area contributed by atoms with Crippen LogP contribution in [0.5, 0.6) is 5.75 Å². The third-order valence-electron chi connectivity index (χ3n) is 3.15. The Labute approximate surface area is 160 Å². The second kappa shape index (κ2) is 9.47. The minimum absolute atomic E-state index is 0.00110. The van der Waals surface area contributed by atoms with Crippen LogP contribution < -0.4 is 9.46 Å². The predicted molar refractivity (Wildman–Crippen MR) is 104 cm³/mol. The molecule has 0 saturated carbocycles. The van der Waals surface area contributed by atoms with Gasteiger partial charge in [0.1, 0.15) is 12.4 Å². The number of rotatable bonds is 7. The number of hydrogen-bond donors (Lipinski definition) is 1. The van der Waals surface area contributed by atoms with E-state index in [2.05, 4.69) is 4.72 Å². The molecule has 1 unspecified atom stereocenters. The fourth-order valence-electron chi connectivity index (χ4n) is 1.88. The molecule has 1 atom stereocenters. The lowest BCUT2D eigenvalue weighted by Crippen LogP contribution is -2.25. The van der Waals surface area contributed by atoms with Crippen LogP contribution >= 0.6 is 46.9 Å². The summed E-state index contributed by atoms with van der Waals surface area (Å²) in [7, 11) is 0. The summed E-state index contributed by atoms with van der Waals surface area (Å²) in [6.07, 6.45) is 1.83. The van der Waals surface area contributed by atoms with Gasteiger partial charge in [0.05, 0.1) is 5.25 Å². The van der Waals surface area contributed by atoms with Crippen LogP contribution in [0.3, 0.4) is 0 Å². The van der Waals surface area contributed by atoms with Crippen LogP contribution in [0, 0.1) is 0 Å². The number of hydrogen-bond acceptors (Lipinski definition) is 4. The Morgan fingerprint density at radius 2 is 1.79 bits per heavy atom. The minimum Gasteiger partial charge on any atom is -0.489 e. The van der Waals surface area contributed by atoms with Gasteiger partial charge in [-0.05, 0) is 43.3 Å². The van der Waals surface area contributed by atoms with Crippen LogP contribution in [0.25, 0.3) is 0 Å². The first kappa shape index (κ1) is 19.3. The largest absolute Gasteiger partial charge is 0.489 e. The monoisotopic (exact) mass is 401 g/mol. The van der Waals surface area contributed by atoms with Gasteiger partial charge in [0.2, 0.25) is 5.91 Å². The van der Waals surface area contributed by atoms with E-state index in [1.165, 1.54) is 23.7 Å². The average molecular weight is 402 g/mol. The highest BCUT2D eigenvalue weighted by atomic mass is 35.5. The van der Waals surface area contributed by atoms with Gasteiger partial charge in [0, 0.05) is 26.8 Å². The summed E-state index contributed by atoms with van der Waals surface area (Å²) >= 11 is 15.1. The molecule has 1 amide bonds. The maximum atomic E-state index is 11.7. The topological polar surface area (TPSA) is 38.3 Å². The van der Waals surface area contributed by atoms with Crippen molar-refractivity contribution >= 4 is 52.8 Å². The molecule has 3 nitrogen and oxygen atoms in total. The number of benzene rings is 2. The van der Waals surface area contributed by atoms with Crippen LogP contribution in [0.2, 0.25) is 10.0 Å². The molecule has 0 bridgehead atoms. The molecule has 0 aliphatic carbocycles. The molecule has 0 radical (unpaired) electrons. The van der Waals surface area contributed by atoms with Crippen molar-refractivity contribution in [2.45, 2.75) is 23.7 Å². The van der Waals surface area contributed by atoms with E-state index in [-0.39, 0.29) is 11.2 Å². The first-order valence-electron chi connectivity index (χ1n) is 7.16. The lowest BCUT2D eigenvalue weighted by molar-refractivity contribution is -0.118. The molecule has 0 aromatic heterocycles. The zero-order valence-corrected chi connectivity index (χ0v) is 16.4. The van der Waals surface area contributed by atoms with Crippen LogP contribution in [0.4, 0.5) is 0 Å². The average Bonchev–Trinajstić information content (AvgIpc) is 2.56. The molecule has 24 heavy (non-hydrogen) atoms. The lowest BCUT2D eigenvalue weighted by Gasteiger charge is -2.12. The molecule has 0 heterocycles. The second-order valence-electron chi connectivity index (χ2n) is 4.89. The standard InChI is InChI=1S/C17H17Cl2NO2S2/c1-11(17(21)20-23-2)24-13-8-6-12(7-9-13)22-10-14-15(18)4-3-5-16(14)19/h3-9,11H,10H2,1-2H3,(H,20,21). The Morgan fingerprint density at radius 1 is 1.17 bits per heavy atom. The van der Waals surface area contributed by atoms with Crippen molar-refractivity contribution in [1.82, 2.24) is 4.72 Å². The number of nitrogens with one attached hydrogen (secondary N) is 1. The molecular weight excluding hydrogens is 385 g/mol. The predicted octanol–water partition coefficient (Wildman–Crippen LogP) is 5.45. The summed E-state index contributed by atoms with van der Waals surface area (Å²) in [4.78, 5) is 12.7. The number of carbonyl (C=O) groups excluding carboxylic acids is 1. The van der Waals surface area contributed by atoms with Gasteiger partial charge in [-0.15, -0.1) is 11.8 Å². The van der Waals surface area contributed by atoms with Gasteiger partial charge in [-0.3, -0.25) is 9.52 Å². The maximum absolute atomic E-state index is 11.7. The highest BCUT2D eigenvalue weighted by molar-refractivity contribution is 8.01. The van der Waals surface area contributed by atoms with Crippen molar-refractivity contribution in [2.24, 2.45) is 0 Å². The lowest BCUT2D eigenvalue weighted by atomic mass is 10.2. The molecule has 1 N–H and O–H groups in total. The van der Waals surface area contributed by atoms with E-state index >= 15 is 0 Å². The Morgan fingerprint density at radius 3 is 2.38 bits per heavy atom. The van der Waals surface area contributed by atoms with Gasteiger partial charge >= 0.3 is 0 Å². The molecule has 128 valence electrons. The molecule has 2 aromatic carbocycles. The van der Waals surface area contributed by atoms with Gasteiger partial charge < -0.3 is 4.74 Å². The molecule has 7 heteroatoms. The molecule has 0 aliphatic heterocycles. The van der Waals surface area contributed by atoms with Crippen LogP contribution in [-0.2, 0) is 11.4 Å². The molecule has 0 saturated heterocycles. The van der Waals surface area contributed by atoms with E-state index in [4.69, 9.17) is 27.9 Å². The summed E-state index contributed by atoms with van der Waals surface area (Å²) in [5, 5.41) is 1.01. The SMILES string of the molecule is CSNC(=O)C(C)Sc1ccc(OCc2c(Cl)cccc2Cl)cc1. The Balaban J connectivity index is 1.94. The summed E-state index contributed by atoms with van der Waals surface area (Å²) < 4.78 is 8.47. The van der Waals surface area contributed by atoms with Gasteiger partial charge in [-0.25, -0.2) is 0 Å². The summed E-state index contributed by atoms with van der Waals surface area (Å²) in [6, 6.07) is 13.0. The first-order chi connectivity index (χ1) is 11.5. The van der Waals surface area contributed by atoms with E-state index in [1.807, 2.05) is 37.4 Å². The van der Waals surface area contributed by atoms with Crippen molar-refractivity contribution in [3.63, 3.8) is 0 Å². The van der Waals surface area contributed by atoms with Crippen molar-refractivity contribution in [3.05, 3.63) is 58.1 Å². The normalized spacial score (nSPS) is 11.8. The zero-order valence-electron chi connectivity index (χ0n) is 13.2. The van der Waals surface area contributed by atoms with Gasteiger partial charge in [-0.1, -0.05) is 41.2 Å². The van der Waals surface area contributed by atoms with Crippen molar-refractivity contribution in [3.8, 4) is 5.75 Å². The highest BCUT2D eigenvalue weighted by Crippen LogP contribution is 2.28. The fourth-order valence-corrected chi connectivity index (χ4v) is 3.71. The first-order valence-corrected chi connectivity index (χ1v) is 10.0. The van der Waals surface area contributed by atoms with E-state index < -0.39 is 0 Å². The molecule has 0 fully saturated rings. The maximum Gasteiger partial charge on any atom is 0.243 e. The number of thioether (sulfide) groups is 1. The number of carbonyl (C=O) groups is 1. The van der Waals surface area contributed by atoms with Crippen molar-refractivity contribution in [2.75, 3.05) is 6.26 Å². The zero-order chi connectivity index (χ0) is 17.5. The second-order valence-corrected chi connectivity index (χ2v) is 7.73. The number of amides is 1. The number of ether oxygens (including phenoxy) is 1. The van der Waals surface area contributed by atoms with E-state index in [1.54, 1.807) is 18.2 Å². The molecule has 2 aromatic rings. The van der Waals surface area contributed by atoms with E-state index in [0.29, 0.717) is 16.7 Å². The van der Waals surface area contributed by atoms with Crippen LogP contribution in [-0.4, -0.2) is 17.4 Å². The third-order valence-corrected chi connectivity index (χ3v) is 5.38. The molecular formula is C17H17Cl2NO2S2. The smallest absolute Gasteiger partial charge is 0.243 e. The van der Waals surface area contributed by atoms with Crippen molar-refractivity contribution < 1.29 is 9.53 Å². The van der Waals surface area contributed by atoms with Gasteiger partial charge in [0.15, 0.2) is 0 Å². The fraction of sp³-hybridized carbons (Fsp3) is 0.235. The highest BCUT2D eigenvalue weighted by Gasteiger charge is 2.13. The Bertz CT molecular complexity index is 675. The summed E-state index contributed by atoms with van der Waals surface area (Å²) in [5.74, 6) is 0.720. The summed E-state index contributed by atoms with van der Waals surface area (Å²) in [5.41, 5.74) is 0.765. The van der Waals surface area contributed by atoms with Gasteiger partial charge in [0.25, 0.3) is 0 Å². The Kier molecular flexibility index (Phi) is 7.62. The molecule has 2 rings (SSSR count). The van der Waals surface area contributed by atoms with Gasteiger partial charge in [-0.2, -0.15) is 0 Å².